The van der Waals surface area contributed by atoms with Gasteiger partial charge in [0.25, 0.3) is 0 Å². The molecule has 0 aliphatic rings. The Morgan fingerprint density at radius 3 is 2.53 bits per heavy atom. The van der Waals surface area contributed by atoms with E-state index in [1.807, 2.05) is 6.92 Å². The highest BCUT2D eigenvalue weighted by Crippen LogP contribution is 2.01. The summed E-state index contributed by atoms with van der Waals surface area (Å²) in [5, 5.41) is 3.13. The molecule has 2 unspecified atom stereocenters. The molecule has 3 heteroatoms. The van der Waals surface area contributed by atoms with Gasteiger partial charge in [0, 0.05) is 0 Å². The summed E-state index contributed by atoms with van der Waals surface area (Å²) in [5.74, 6) is 2.43. The summed E-state index contributed by atoms with van der Waals surface area (Å²) in [6.45, 7) is 6.21. The number of hydrogen-bond donors (Lipinski definition) is 1. The van der Waals surface area contributed by atoms with E-state index in [9.17, 15) is 4.79 Å². The van der Waals surface area contributed by atoms with Crippen LogP contribution < -0.4 is 5.32 Å². The van der Waals surface area contributed by atoms with Crippen molar-refractivity contribution in [3.05, 3.63) is 0 Å². The molecule has 86 valence electrons. The highest BCUT2D eigenvalue weighted by atomic mass is 16.5. The van der Waals surface area contributed by atoms with Crippen LogP contribution in [0, 0.1) is 12.3 Å². The largest absolute Gasteiger partial charge is 0.465 e. The minimum Gasteiger partial charge on any atom is -0.465 e. The molecule has 0 amide bonds. The summed E-state index contributed by atoms with van der Waals surface area (Å²) in [7, 11) is 0. The van der Waals surface area contributed by atoms with Crippen molar-refractivity contribution >= 4 is 5.97 Å². The predicted molar refractivity (Wildman–Crippen MR) is 61.4 cm³/mol. The molecule has 0 rings (SSSR count). The molecule has 0 aliphatic carbocycles. The third-order valence-electron chi connectivity index (χ3n) is 2.16. The molecule has 0 fully saturated rings. The number of carbonyl (C=O) groups excluding carboxylic acids is 1. The molecular formula is C12H21NO2. The van der Waals surface area contributed by atoms with E-state index < -0.39 is 0 Å². The second-order valence-corrected chi connectivity index (χ2v) is 3.39. The fourth-order valence-corrected chi connectivity index (χ4v) is 1.34. The van der Waals surface area contributed by atoms with E-state index in [2.05, 4.69) is 18.2 Å². The van der Waals surface area contributed by atoms with Gasteiger partial charge in [0.2, 0.25) is 0 Å². The molecule has 0 aromatic rings. The van der Waals surface area contributed by atoms with Crippen LogP contribution in [0.5, 0.6) is 0 Å². The monoisotopic (exact) mass is 211 g/mol. The molecule has 0 aromatic carbocycles. The van der Waals surface area contributed by atoms with Crippen LogP contribution in [0.25, 0.3) is 0 Å². The summed E-state index contributed by atoms with van der Waals surface area (Å²) in [4.78, 5) is 11.5. The first kappa shape index (κ1) is 14.0. The van der Waals surface area contributed by atoms with Crippen molar-refractivity contribution in [1.82, 2.24) is 5.32 Å². The average Bonchev–Trinajstić information content (AvgIpc) is 2.24. The Morgan fingerprint density at radius 1 is 1.47 bits per heavy atom. The predicted octanol–water partition coefficient (Wildman–Crippen LogP) is 1.72. The zero-order valence-corrected chi connectivity index (χ0v) is 9.88. The van der Waals surface area contributed by atoms with Crippen molar-refractivity contribution in [2.45, 2.75) is 52.1 Å². The van der Waals surface area contributed by atoms with Crippen LogP contribution in [0.1, 0.15) is 40.0 Å². The number of ether oxygens (including phenoxy) is 1. The van der Waals surface area contributed by atoms with Crippen molar-refractivity contribution in [3.8, 4) is 12.3 Å². The number of hydrogen-bond acceptors (Lipinski definition) is 3. The van der Waals surface area contributed by atoms with Crippen molar-refractivity contribution in [2.75, 3.05) is 6.61 Å². The van der Waals surface area contributed by atoms with Crippen LogP contribution in [0.2, 0.25) is 0 Å². The van der Waals surface area contributed by atoms with Gasteiger partial charge in [0.15, 0.2) is 0 Å². The maximum Gasteiger partial charge on any atom is 0.323 e. The first-order chi connectivity index (χ1) is 7.19. The maximum atomic E-state index is 11.5. The molecule has 0 aliphatic heterocycles. The third kappa shape index (κ3) is 5.44. The number of nitrogens with one attached hydrogen (secondary N) is 1. The minimum atomic E-state index is -0.280. The number of carbonyl (C=O) groups is 1. The Bertz CT molecular complexity index is 220. The first-order valence-electron chi connectivity index (χ1n) is 5.58. The van der Waals surface area contributed by atoms with Crippen LogP contribution in [0.4, 0.5) is 0 Å². The lowest BCUT2D eigenvalue weighted by Gasteiger charge is -2.19. The Kier molecular flexibility index (Phi) is 7.75. The SMILES string of the molecule is C#CC(CCC)NC(CC)C(=O)OCC. The van der Waals surface area contributed by atoms with Gasteiger partial charge >= 0.3 is 5.97 Å². The summed E-state index contributed by atoms with van der Waals surface area (Å²) >= 11 is 0. The summed E-state index contributed by atoms with van der Waals surface area (Å²) < 4.78 is 4.95. The van der Waals surface area contributed by atoms with Crippen LogP contribution in [-0.2, 0) is 9.53 Å². The first-order valence-corrected chi connectivity index (χ1v) is 5.58. The Morgan fingerprint density at radius 2 is 2.13 bits per heavy atom. The van der Waals surface area contributed by atoms with Gasteiger partial charge in [-0.15, -0.1) is 6.42 Å². The maximum absolute atomic E-state index is 11.5. The van der Waals surface area contributed by atoms with Crippen molar-refractivity contribution in [1.29, 1.82) is 0 Å². The van der Waals surface area contributed by atoms with Crippen LogP contribution in [-0.4, -0.2) is 24.7 Å². The Balaban J connectivity index is 4.18. The van der Waals surface area contributed by atoms with Gasteiger partial charge < -0.3 is 4.74 Å². The zero-order chi connectivity index (χ0) is 11.7. The standard InChI is InChI=1S/C12H21NO2/c1-5-9-10(6-2)13-11(7-3)12(14)15-8-4/h2,10-11,13H,5,7-9H2,1,3-4H3. The zero-order valence-electron chi connectivity index (χ0n) is 9.88. The molecule has 0 radical (unpaired) electrons. The van der Waals surface area contributed by atoms with E-state index in [-0.39, 0.29) is 18.1 Å². The molecule has 2 atom stereocenters. The highest BCUT2D eigenvalue weighted by molar-refractivity contribution is 5.75. The molecule has 1 N–H and O–H groups in total. The second kappa shape index (κ2) is 8.31. The molecule has 0 bridgehead atoms. The van der Waals surface area contributed by atoms with Crippen molar-refractivity contribution in [3.63, 3.8) is 0 Å². The molecule has 0 spiro atoms. The molecule has 0 heterocycles. The molecule has 0 saturated carbocycles. The summed E-state index contributed by atoms with van der Waals surface area (Å²) in [5.41, 5.74) is 0. The van der Waals surface area contributed by atoms with E-state index >= 15 is 0 Å². The lowest BCUT2D eigenvalue weighted by atomic mass is 10.1. The van der Waals surface area contributed by atoms with Gasteiger partial charge in [-0.2, -0.15) is 0 Å². The smallest absolute Gasteiger partial charge is 0.323 e. The molecule has 0 aromatic heterocycles. The fourth-order valence-electron chi connectivity index (χ4n) is 1.34. The highest BCUT2D eigenvalue weighted by Gasteiger charge is 2.19. The lowest BCUT2D eigenvalue weighted by molar-refractivity contribution is -0.145. The van der Waals surface area contributed by atoms with Gasteiger partial charge in [-0.1, -0.05) is 26.2 Å². The summed E-state index contributed by atoms with van der Waals surface area (Å²) in [6, 6.07) is -0.318. The van der Waals surface area contributed by atoms with Crippen molar-refractivity contribution in [2.24, 2.45) is 0 Å². The molecular weight excluding hydrogens is 190 g/mol. The van der Waals surface area contributed by atoms with E-state index in [1.54, 1.807) is 6.92 Å². The van der Waals surface area contributed by atoms with E-state index in [4.69, 9.17) is 11.2 Å². The number of esters is 1. The normalized spacial score (nSPS) is 14.0. The van der Waals surface area contributed by atoms with Crippen molar-refractivity contribution < 1.29 is 9.53 Å². The molecule has 3 nitrogen and oxygen atoms in total. The minimum absolute atomic E-state index is 0.0376. The summed E-state index contributed by atoms with van der Waals surface area (Å²) in [6.07, 6.45) is 7.95. The lowest BCUT2D eigenvalue weighted by Crippen LogP contribution is -2.43. The molecule has 0 saturated heterocycles. The molecule has 15 heavy (non-hydrogen) atoms. The topological polar surface area (TPSA) is 38.3 Å². The second-order valence-electron chi connectivity index (χ2n) is 3.39. The van der Waals surface area contributed by atoms with E-state index in [0.29, 0.717) is 13.0 Å². The van der Waals surface area contributed by atoms with Gasteiger partial charge in [-0.3, -0.25) is 10.1 Å². The van der Waals surface area contributed by atoms with Gasteiger partial charge in [-0.25, -0.2) is 0 Å². The van der Waals surface area contributed by atoms with Crippen LogP contribution in [0.3, 0.4) is 0 Å². The number of rotatable bonds is 7. The fraction of sp³-hybridized carbons (Fsp3) is 0.750. The third-order valence-corrected chi connectivity index (χ3v) is 2.16. The Hall–Kier alpha value is -1.01. The quantitative estimate of drug-likeness (QED) is 0.515. The van der Waals surface area contributed by atoms with Gasteiger partial charge in [-0.05, 0) is 19.8 Å². The Labute approximate surface area is 92.6 Å². The van der Waals surface area contributed by atoms with Crippen LogP contribution in [0.15, 0.2) is 0 Å². The average molecular weight is 211 g/mol. The van der Waals surface area contributed by atoms with Gasteiger partial charge in [0.05, 0.1) is 12.6 Å². The van der Waals surface area contributed by atoms with E-state index in [1.165, 1.54) is 0 Å². The van der Waals surface area contributed by atoms with E-state index in [0.717, 1.165) is 12.8 Å². The van der Waals surface area contributed by atoms with Gasteiger partial charge in [0.1, 0.15) is 6.04 Å². The van der Waals surface area contributed by atoms with Crippen LogP contribution >= 0.6 is 0 Å². The number of terminal acetylenes is 1.